The minimum absolute atomic E-state index is 0.255. The molecule has 2 N–H and O–H groups in total. The van der Waals surface area contributed by atoms with Gasteiger partial charge in [0.05, 0.1) is 5.69 Å². The molecule has 1 amide bonds. The number of nitrogens with two attached hydrogens (primary N) is 1. The number of aromatic nitrogens is 3. The summed E-state index contributed by atoms with van der Waals surface area (Å²) in [6.07, 6.45) is 8.31. The van der Waals surface area contributed by atoms with Crippen LogP contribution in [0.3, 0.4) is 0 Å². The average molecular weight is 360 g/mol. The van der Waals surface area contributed by atoms with Gasteiger partial charge in [0.25, 0.3) is 5.91 Å². The van der Waals surface area contributed by atoms with Crippen LogP contribution in [0.15, 0.2) is 60.9 Å². The molecule has 136 valence electrons. The van der Waals surface area contributed by atoms with Crippen LogP contribution in [0.5, 0.6) is 0 Å². The second-order valence-electron chi connectivity index (χ2n) is 6.57. The van der Waals surface area contributed by atoms with Crippen LogP contribution in [-0.2, 0) is 23.3 Å². The van der Waals surface area contributed by atoms with Crippen molar-refractivity contribution in [2.75, 3.05) is 7.11 Å². The zero-order chi connectivity index (χ0) is 18.9. The van der Waals surface area contributed by atoms with Gasteiger partial charge in [-0.2, -0.15) is 5.10 Å². The molecule has 0 fully saturated rings. The molecule has 0 aliphatic heterocycles. The highest BCUT2D eigenvalue weighted by atomic mass is 16.5. The van der Waals surface area contributed by atoms with Gasteiger partial charge in [0.2, 0.25) is 0 Å². The number of ether oxygens (including phenoxy) is 1. The van der Waals surface area contributed by atoms with Gasteiger partial charge >= 0.3 is 0 Å². The number of nitrogens with zero attached hydrogens (tertiary/aromatic N) is 3. The Morgan fingerprint density at radius 2 is 1.89 bits per heavy atom. The Kier molecular flexibility index (Phi) is 4.33. The van der Waals surface area contributed by atoms with Crippen LogP contribution in [0.1, 0.15) is 32.9 Å². The van der Waals surface area contributed by atoms with E-state index in [0.717, 1.165) is 22.4 Å². The zero-order valence-corrected chi connectivity index (χ0v) is 15.0. The number of hydrogen-bond donors (Lipinski definition) is 1. The summed E-state index contributed by atoms with van der Waals surface area (Å²) in [5.41, 5.74) is 9.39. The van der Waals surface area contributed by atoms with E-state index in [9.17, 15) is 4.79 Å². The third kappa shape index (κ3) is 2.84. The zero-order valence-electron chi connectivity index (χ0n) is 15.0. The lowest BCUT2D eigenvalue weighted by Crippen LogP contribution is -2.32. The molecular weight excluding hydrogens is 340 g/mol. The van der Waals surface area contributed by atoms with Crippen LogP contribution in [0.25, 0.3) is 6.08 Å². The van der Waals surface area contributed by atoms with E-state index >= 15 is 0 Å². The summed E-state index contributed by atoms with van der Waals surface area (Å²) in [6.45, 7) is 0.255. The van der Waals surface area contributed by atoms with Gasteiger partial charge in [-0.3, -0.25) is 9.78 Å². The maximum Gasteiger partial charge on any atom is 0.269 e. The lowest BCUT2D eigenvalue weighted by Gasteiger charge is -2.35. The molecule has 27 heavy (non-hydrogen) atoms. The van der Waals surface area contributed by atoms with E-state index in [-0.39, 0.29) is 12.4 Å². The number of carbonyl (C=O) groups excluding carboxylic acids is 1. The summed E-state index contributed by atoms with van der Waals surface area (Å²) >= 11 is 0. The molecule has 0 spiro atoms. The Morgan fingerprint density at radius 3 is 2.56 bits per heavy atom. The number of carbonyl (C=O) groups is 1. The molecule has 2 aromatic heterocycles. The van der Waals surface area contributed by atoms with E-state index in [1.807, 2.05) is 36.4 Å². The minimum Gasteiger partial charge on any atom is -0.364 e. The van der Waals surface area contributed by atoms with Gasteiger partial charge in [0.1, 0.15) is 6.73 Å². The van der Waals surface area contributed by atoms with Gasteiger partial charge < -0.3 is 10.5 Å². The van der Waals surface area contributed by atoms with E-state index in [1.54, 1.807) is 24.2 Å². The Morgan fingerprint density at radius 1 is 1.19 bits per heavy atom. The first-order valence-electron chi connectivity index (χ1n) is 8.69. The predicted octanol–water partition coefficient (Wildman–Crippen LogP) is 2.54. The van der Waals surface area contributed by atoms with Gasteiger partial charge in [-0.05, 0) is 23.3 Å². The predicted molar refractivity (Wildman–Crippen MR) is 102 cm³/mol. The SMILES string of the molecule is COCn1nc(C(N)=O)c2c1CC(c1ccccc1)(c1ccncc1)C=C2. The van der Waals surface area contributed by atoms with Gasteiger partial charge in [-0.15, -0.1) is 0 Å². The smallest absolute Gasteiger partial charge is 0.269 e. The molecule has 1 atom stereocenters. The molecule has 6 nitrogen and oxygen atoms in total. The molecule has 0 radical (unpaired) electrons. The molecule has 6 heteroatoms. The number of methoxy groups -OCH3 is 1. The summed E-state index contributed by atoms with van der Waals surface area (Å²) in [7, 11) is 1.60. The molecule has 3 aromatic rings. The maximum atomic E-state index is 11.9. The topological polar surface area (TPSA) is 83.0 Å². The van der Waals surface area contributed by atoms with E-state index in [2.05, 4.69) is 28.3 Å². The van der Waals surface area contributed by atoms with Gasteiger partial charge in [0, 0.05) is 36.9 Å². The molecule has 1 aliphatic carbocycles. The van der Waals surface area contributed by atoms with E-state index < -0.39 is 11.3 Å². The monoisotopic (exact) mass is 360 g/mol. The van der Waals surface area contributed by atoms with E-state index in [4.69, 9.17) is 10.5 Å². The van der Waals surface area contributed by atoms with Crippen LogP contribution < -0.4 is 5.73 Å². The van der Waals surface area contributed by atoms with Crippen molar-refractivity contribution < 1.29 is 9.53 Å². The molecule has 1 aliphatic rings. The van der Waals surface area contributed by atoms with Crippen molar-refractivity contribution in [3.05, 3.63) is 89.0 Å². The number of allylic oxidation sites excluding steroid dienone is 1. The maximum absolute atomic E-state index is 11.9. The van der Waals surface area contributed by atoms with E-state index in [1.165, 1.54) is 0 Å². The normalized spacial score (nSPS) is 18.3. The Bertz CT molecular complexity index is 954. The molecule has 0 bridgehead atoms. The highest BCUT2D eigenvalue weighted by Crippen LogP contribution is 2.42. The molecule has 0 saturated carbocycles. The van der Waals surface area contributed by atoms with Gasteiger partial charge in [-0.25, -0.2) is 4.68 Å². The first-order valence-corrected chi connectivity index (χ1v) is 8.69. The third-order valence-electron chi connectivity index (χ3n) is 5.05. The summed E-state index contributed by atoms with van der Waals surface area (Å²) in [6, 6.07) is 14.3. The average Bonchev–Trinajstić information content (AvgIpc) is 3.07. The van der Waals surface area contributed by atoms with Crippen molar-refractivity contribution in [2.24, 2.45) is 5.73 Å². The number of benzene rings is 1. The van der Waals surface area contributed by atoms with Crippen molar-refractivity contribution in [3.63, 3.8) is 0 Å². The summed E-state index contributed by atoms with van der Waals surface area (Å²) in [5, 5.41) is 4.39. The Hall–Kier alpha value is -3.25. The fourth-order valence-corrected chi connectivity index (χ4v) is 3.78. The van der Waals surface area contributed by atoms with Crippen molar-refractivity contribution >= 4 is 12.0 Å². The highest BCUT2D eigenvalue weighted by Gasteiger charge is 2.38. The number of amides is 1. The summed E-state index contributed by atoms with van der Waals surface area (Å²) in [4.78, 5) is 16.0. The number of hydrogen-bond acceptors (Lipinski definition) is 4. The lowest BCUT2D eigenvalue weighted by molar-refractivity contribution is 0.0985. The summed E-state index contributed by atoms with van der Waals surface area (Å²) in [5.74, 6) is -0.540. The van der Waals surface area contributed by atoms with Crippen LogP contribution >= 0.6 is 0 Å². The van der Waals surface area contributed by atoms with Gasteiger partial charge in [0.15, 0.2) is 5.69 Å². The highest BCUT2D eigenvalue weighted by molar-refractivity contribution is 5.95. The number of pyridine rings is 1. The quantitative estimate of drug-likeness (QED) is 0.758. The molecule has 1 aromatic carbocycles. The lowest BCUT2D eigenvalue weighted by atomic mass is 9.68. The number of primary amides is 1. The van der Waals surface area contributed by atoms with Crippen molar-refractivity contribution in [1.82, 2.24) is 14.8 Å². The second-order valence-corrected chi connectivity index (χ2v) is 6.57. The van der Waals surface area contributed by atoms with Crippen LogP contribution in [0.4, 0.5) is 0 Å². The molecule has 0 saturated heterocycles. The van der Waals surface area contributed by atoms with Crippen molar-refractivity contribution in [1.29, 1.82) is 0 Å². The number of rotatable bonds is 5. The number of fused-ring (bicyclic) bond motifs is 1. The van der Waals surface area contributed by atoms with Crippen LogP contribution in [-0.4, -0.2) is 27.8 Å². The molecule has 2 heterocycles. The third-order valence-corrected chi connectivity index (χ3v) is 5.05. The standard InChI is InChI=1S/C21H20N4O2/c1-27-14-25-18-13-21(15-5-3-2-4-6-15,16-8-11-23-12-9-16)10-7-17(18)19(24-25)20(22)26/h2-12H,13-14H2,1H3,(H2,22,26). The van der Waals surface area contributed by atoms with Crippen molar-refractivity contribution in [3.8, 4) is 0 Å². The minimum atomic E-state index is -0.540. The Balaban J connectivity index is 1.93. The Labute approximate surface area is 157 Å². The fourth-order valence-electron chi connectivity index (χ4n) is 3.78. The van der Waals surface area contributed by atoms with Crippen molar-refractivity contribution in [2.45, 2.75) is 18.6 Å². The first kappa shape index (κ1) is 17.2. The van der Waals surface area contributed by atoms with Gasteiger partial charge in [-0.1, -0.05) is 42.5 Å². The van der Waals surface area contributed by atoms with Crippen LogP contribution in [0.2, 0.25) is 0 Å². The molecule has 1 unspecified atom stereocenters. The molecule has 4 rings (SSSR count). The largest absolute Gasteiger partial charge is 0.364 e. The second kappa shape index (κ2) is 6.81. The summed E-state index contributed by atoms with van der Waals surface area (Å²) < 4.78 is 7.00. The van der Waals surface area contributed by atoms with E-state index in [0.29, 0.717) is 6.42 Å². The fraction of sp³-hybridized carbons (Fsp3) is 0.190. The first-order chi connectivity index (χ1) is 13.2. The molecular formula is C21H20N4O2. The van der Waals surface area contributed by atoms with Crippen LogP contribution in [0, 0.1) is 0 Å².